The number of allylic oxidation sites excluding steroid dienone is 2. The molecule has 0 aliphatic heterocycles. The Bertz CT molecular complexity index is 414. The Balaban J connectivity index is 2.07. The third-order valence-corrected chi connectivity index (χ3v) is 4.29. The smallest absolute Gasteiger partial charge is 0.0969 e. The molecule has 0 aromatic carbocycles. The van der Waals surface area contributed by atoms with Crippen LogP contribution in [0.2, 0.25) is 0 Å². The molecule has 1 unspecified atom stereocenters. The van der Waals surface area contributed by atoms with Crippen LogP contribution in [-0.2, 0) is 11.8 Å². The number of thiazole rings is 1. The van der Waals surface area contributed by atoms with Gasteiger partial charge in [-0.1, -0.05) is 32.4 Å². The standard InChI is InChI=1S/C14H20ClNS/c1-14(2,3)12-9-17-13(16-12)8-10-5-4-6-11(15)7-10/h7,9,11H,4-6,8H2,1-3H3. The van der Waals surface area contributed by atoms with E-state index >= 15 is 0 Å². The van der Waals surface area contributed by atoms with E-state index in [9.17, 15) is 0 Å². The molecule has 2 rings (SSSR count). The minimum atomic E-state index is 0.157. The van der Waals surface area contributed by atoms with E-state index in [1.807, 2.05) is 0 Å². The zero-order valence-corrected chi connectivity index (χ0v) is 12.4. The lowest BCUT2D eigenvalue weighted by atomic mass is 9.93. The van der Waals surface area contributed by atoms with Gasteiger partial charge in [0.25, 0.3) is 0 Å². The van der Waals surface area contributed by atoms with Crippen LogP contribution in [0.3, 0.4) is 0 Å². The average molecular weight is 270 g/mol. The van der Waals surface area contributed by atoms with E-state index in [-0.39, 0.29) is 10.8 Å². The average Bonchev–Trinajstić information content (AvgIpc) is 2.65. The van der Waals surface area contributed by atoms with Crippen LogP contribution in [-0.4, -0.2) is 10.4 Å². The van der Waals surface area contributed by atoms with E-state index < -0.39 is 0 Å². The first-order chi connectivity index (χ1) is 7.95. The number of hydrogen-bond donors (Lipinski definition) is 0. The summed E-state index contributed by atoms with van der Waals surface area (Å²) < 4.78 is 0. The molecule has 0 amide bonds. The maximum Gasteiger partial charge on any atom is 0.0969 e. The van der Waals surface area contributed by atoms with Gasteiger partial charge in [-0.05, 0) is 19.3 Å². The maximum atomic E-state index is 6.16. The molecular formula is C14H20ClNS. The fourth-order valence-electron chi connectivity index (χ4n) is 2.02. The van der Waals surface area contributed by atoms with Gasteiger partial charge in [-0.3, -0.25) is 0 Å². The van der Waals surface area contributed by atoms with Crippen LogP contribution >= 0.6 is 22.9 Å². The minimum Gasteiger partial charge on any atom is -0.245 e. The number of halogens is 1. The quantitative estimate of drug-likeness (QED) is 0.560. The van der Waals surface area contributed by atoms with E-state index in [0.29, 0.717) is 0 Å². The Kier molecular flexibility index (Phi) is 3.94. The predicted molar refractivity (Wildman–Crippen MR) is 76.1 cm³/mol. The molecule has 3 heteroatoms. The lowest BCUT2D eigenvalue weighted by Gasteiger charge is -2.16. The molecule has 1 aromatic heterocycles. The van der Waals surface area contributed by atoms with Crippen molar-refractivity contribution in [1.82, 2.24) is 4.98 Å². The summed E-state index contributed by atoms with van der Waals surface area (Å²) in [6.07, 6.45) is 6.74. The third-order valence-electron chi connectivity index (χ3n) is 3.09. The van der Waals surface area contributed by atoms with Crippen LogP contribution in [0.5, 0.6) is 0 Å². The molecule has 1 heterocycles. The summed E-state index contributed by atoms with van der Waals surface area (Å²) in [6, 6.07) is 0. The summed E-state index contributed by atoms with van der Waals surface area (Å²) >= 11 is 7.94. The number of hydrogen-bond acceptors (Lipinski definition) is 2. The first-order valence-electron chi connectivity index (χ1n) is 6.23. The molecule has 1 nitrogen and oxygen atoms in total. The summed E-state index contributed by atoms with van der Waals surface area (Å²) in [5, 5.41) is 3.66. The molecule has 0 fully saturated rings. The lowest BCUT2D eigenvalue weighted by Crippen LogP contribution is -2.11. The topological polar surface area (TPSA) is 12.9 Å². The molecule has 1 aliphatic carbocycles. The number of aromatic nitrogens is 1. The van der Waals surface area contributed by atoms with Gasteiger partial charge in [-0.15, -0.1) is 22.9 Å². The van der Waals surface area contributed by atoms with Gasteiger partial charge >= 0.3 is 0 Å². The highest BCUT2D eigenvalue weighted by Crippen LogP contribution is 2.28. The van der Waals surface area contributed by atoms with Crippen molar-refractivity contribution in [3.8, 4) is 0 Å². The summed E-state index contributed by atoms with van der Waals surface area (Å²) in [5.41, 5.74) is 2.83. The summed E-state index contributed by atoms with van der Waals surface area (Å²) in [4.78, 5) is 4.74. The molecule has 0 spiro atoms. The normalized spacial score (nSPS) is 21.4. The molecule has 94 valence electrons. The van der Waals surface area contributed by atoms with Gasteiger partial charge in [-0.25, -0.2) is 4.98 Å². The van der Waals surface area contributed by atoms with Crippen molar-refractivity contribution in [2.75, 3.05) is 0 Å². The minimum absolute atomic E-state index is 0.157. The van der Waals surface area contributed by atoms with Crippen LogP contribution in [0.25, 0.3) is 0 Å². The van der Waals surface area contributed by atoms with Crippen LogP contribution in [0.15, 0.2) is 17.0 Å². The Morgan fingerprint density at radius 2 is 2.24 bits per heavy atom. The highest BCUT2D eigenvalue weighted by molar-refractivity contribution is 7.09. The van der Waals surface area contributed by atoms with E-state index in [1.54, 1.807) is 11.3 Å². The Hall–Kier alpha value is -0.340. The van der Waals surface area contributed by atoms with E-state index in [2.05, 4.69) is 32.2 Å². The van der Waals surface area contributed by atoms with Crippen LogP contribution in [0, 0.1) is 0 Å². The fourth-order valence-corrected chi connectivity index (χ4v) is 3.43. The van der Waals surface area contributed by atoms with Crippen molar-refractivity contribution in [2.24, 2.45) is 0 Å². The van der Waals surface area contributed by atoms with Crippen molar-refractivity contribution in [3.63, 3.8) is 0 Å². The highest BCUT2D eigenvalue weighted by atomic mass is 35.5. The first-order valence-corrected chi connectivity index (χ1v) is 7.55. The van der Waals surface area contributed by atoms with Gasteiger partial charge in [0.1, 0.15) is 0 Å². The number of nitrogens with zero attached hydrogens (tertiary/aromatic N) is 1. The Labute approximate surface area is 113 Å². The van der Waals surface area contributed by atoms with Gasteiger partial charge in [-0.2, -0.15) is 0 Å². The van der Waals surface area contributed by atoms with Crippen LogP contribution in [0.1, 0.15) is 50.7 Å². The van der Waals surface area contributed by atoms with Crippen molar-refractivity contribution < 1.29 is 0 Å². The molecular weight excluding hydrogens is 250 g/mol. The SMILES string of the molecule is CC(C)(C)c1csc(CC2=CC(Cl)CCC2)n1. The van der Waals surface area contributed by atoms with Crippen molar-refractivity contribution in [2.45, 2.75) is 57.2 Å². The largest absolute Gasteiger partial charge is 0.245 e. The van der Waals surface area contributed by atoms with Crippen molar-refractivity contribution >= 4 is 22.9 Å². The molecule has 1 aliphatic rings. The summed E-state index contributed by atoms with van der Waals surface area (Å²) in [7, 11) is 0. The van der Waals surface area contributed by atoms with Gasteiger partial charge in [0.2, 0.25) is 0 Å². The highest BCUT2D eigenvalue weighted by Gasteiger charge is 2.18. The van der Waals surface area contributed by atoms with Gasteiger partial charge < -0.3 is 0 Å². The zero-order valence-electron chi connectivity index (χ0n) is 10.8. The molecule has 1 aromatic rings. The van der Waals surface area contributed by atoms with Crippen LogP contribution in [0.4, 0.5) is 0 Å². The third kappa shape index (κ3) is 3.56. The molecule has 0 saturated carbocycles. The van der Waals surface area contributed by atoms with Crippen molar-refractivity contribution in [3.05, 3.63) is 27.7 Å². The Morgan fingerprint density at radius 1 is 1.47 bits per heavy atom. The maximum absolute atomic E-state index is 6.16. The number of alkyl halides is 1. The molecule has 0 N–H and O–H groups in total. The summed E-state index contributed by atoms with van der Waals surface area (Å²) in [6.45, 7) is 6.63. The second-order valence-corrected chi connectivity index (χ2v) is 7.29. The Morgan fingerprint density at radius 3 is 2.82 bits per heavy atom. The molecule has 0 bridgehead atoms. The monoisotopic (exact) mass is 269 g/mol. The summed E-state index contributed by atoms with van der Waals surface area (Å²) in [5.74, 6) is 0. The zero-order chi connectivity index (χ0) is 12.5. The second-order valence-electron chi connectivity index (χ2n) is 5.79. The fraction of sp³-hybridized carbons (Fsp3) is 0.643. The first kappa shape index (κ1) is 13.1. The second kappa shape index (κ2) is 5.11. The number of rotatable bonds is 2. The molecule has 17 heavy (non-hydrogen) atoms. The van der Waals surface area contributed by atoms with Crippen molar-refractivity contribution in [1.29, 1.82) is 0 Å². The predicted octanol–water partition coefficient (Wildman–Crippen LogP) is 4.70. The van der Waals surface area contributed by atoms with E-state index in [4.69, 9.17) is 16.6 Å². The molecule has 0 saturated heterocycles. The molecule has 0 radical (unpaired) electrons. The van der Waals surface area contributed by atoms with Crippen LogP contribution < -0.4 is 0 Å². The molecule has 1 atom stereocenters. The van der Waals surface area contributed by atoms with Gasteiger partial charge in [0, 0.05) is 17.2 Å². The van der Waals surface area contributed by atoms with E-state index in [0.717, 1.165) is 12.8 Å². The van der Waals surface area contributed by atoms with Gasteiger partial charge in [0.05, 0.1) is 16.1 Å². The van der Waals surface area contributed by atoms with E-state index in [1.165, 1.54) is 29.1 Å². The lowest BCUT2D eigenvalue weighted by molar-refractivity contribution is 0.571. The van der Waals surface area contributed by atoms with Gasteiger partial charge in [0.15, 0.2) is 0 Å².